The Hall–Kier alpha value is -1.29. The van der Waals surface area contributed by atoms with Gasteiger partial charge in [-0.25, -0.2) is 4.39 Å². The molecule has 0 saturated heterocycles. The van der Waals surface area contributed by atoms with Crippen LogP contribution in [0.5, 0.6) is 0 Å². The first-order valence-electron chi connectivity index (χ1n) is 5.65. The van der Waals surface area contributed by atoms with Gasteiger partial charge in [0.05, 0.1) is 22.2 Å². The topological polar surface area (TPSA) is 29.1 Å². The molecule has 1 N–H and O–H groups in total. The highest BCUT2D eigenvalue weighted by Gasteiger charge is 2.11. The van der Waals surface area contributed by atoms with E-state index in [0.717, 1.165) is 6.07 Å². The minimum atomic E-state index is -0.523. The van der Waals surface area contributed by atoms with Gasteiger partial charge in [0.25, 0.3) is 0 Å². The molecule has 104 valence electrons. The molecule has 0 bridgehead atoms. The zero-order chi connectivity index (χ0) is 14.7. The van der Waals surface area contributed by atoms with E-state index in [4.69, 9.17) is 34.8 Å². The maximum Gasteiger partial charge on any atom is 0.228 e. The van der Waals surface area contributed by atoms with Gasteiger partial charge in [0.2, 0.25) is 5.91 Å². The summed E-state index contributed by atoms with van der Waals surface area (Å²) in [6, 6.07) is 9.04. The molecule has 2 rings (SSSR count). The number of benzene rings is 2. The Morgan fingerprint density at radius 1 is 1.15 bits per heavy atom. The lowest BCUT2D eigenvalue weighted by molar-refractivity contribution is -0.115. The molecule has 2 aromatic rings. The van der Waals surface area contributed by atoms with Crippen molar-refractivity contribution in [1.29, 1.82) is 0 Å². The number of anilines is 1. The van der Waals surface area contributed by atoms with Gasteiger partial charge in [-0.3, -0.25) is 4.79 Å². The molecule has 0 aliphatic heterocycles. The van der Waals surface area contributed by atoms with Crippen molar-refractivity contribution in [2.45, 2.75) is 6.42 Å². The first kappa shape index (κ1) is 15.1. The maximum atomic E-state index is 13.6. The third kappa shape index (κ3) is 3.63. The fourth-order valence-corrected chi connectivity index (χ4v) is 2.14. The van der Waals surface area contributed by atoms with Gasteiger partial charge >= 0.3 is 0 Å². The Labute approximate surface area is 130 Å². The molecule has 0 aliphatic carbocycles. The van der Waals surface area contributed by atoms with Crippen molar-refractivity contribution in [3.63, 3.8) is 0 Å². The fraction of sp³-hybridized carbons (Fsp3) is 0.0714. The normalized spacial score (nSPS) is 10.4. The molecule has 0 saturated carbocycles. The summed E-state index contributed by atoms with van der Waals surface area (Å²) in [6.07, 6.45) is -0.119. The van der Waals surface area contributed by atoms with Crippen molar-refractivity contribution >= 4 is 46.4 Å². The number of nitrogens with one attached hydrogen (secondary N) is 1. The summed E-state index contributed by atoms with van der Waals surface area (Å²) < 4.78 is 13.6. The summed E-state index contributed by atoms with van der Waals surface area (Å²) in [4.78, 5) is 11.9. The number of amides is 1. The molecule has 0 fully saturated rings. The largest absolute Gasteiger partial charge is 0.324 e. The van der Waals surface area contributed by atoms with E-state index in [2.05, 4.69) is 5.32 Å². The summed E-state index contributed by atoms with van der Waals surface area (Å²) in [5.74, 6) is -0.916. The van der Waals surface area contributed by atoms with Crippen LogP contribution in [0.15, 0.2) is 36.4 Å². The van der Waals surface area contributed by atoms with Crippen LogP contribution in [0.25, 0.3) is 0 Å². The Morgan fingerprint density at radius 2 is 1.90 bits per heavy atom. The second-order valence-electron chi connectivity index (χ2n) is 4.06. The lowest BCUT2D eigenvalue weighted by atomic mass is 10.1. The average Bonchev–Trinajstić information content (AvgIpc) is 2.38. The zero-order valence-electron chi connectivity index (χ0n) is 10.1. The second kappa shape index (κ2) is 6.44. The number of hydrogen-bond acceptors (Lipinski definition) is 1. The van der Waals surface area contributed by atoms with E-state index in [-0.39, 0.29) is 22.0 Å². The van der Waals surface area contributed by atoms with Crippen molar-refractivity contribution in [2.24, 2.45) is 0 Å². The number of halogens is 4. The van der Waals surface area contributed by atoms with Crippen molar-refractivity contribution in [1.82, 2.24) is 0 Å². The first-order chi connectivity index (χ1) is 9.47. The summed E-state index contributed by atoms with van der Waals surface area (Å²) in [5.41, 5.74) is 0.642. The Kier molecular flexibility index (Phi) is 4.86. The quantitative estimate of drug-likeness (QED) is 0.845. The van der Waals surface area contributed by atoms with Crippen LogP contribution in [0, 0.1) is 5.82 Å². The standard InChI is InChI=1S/C14H9Cl3FNO/c15-9-5-4-8(11(18)7-9)6-13(20)19-12-3-1-2-10(16)14(12)17/h1-5,7H,6H2,(H,19,20). The van der Waals surface area contributed by atoms with Crippen molar-refractivity contribution in [3.8, 4) is 0 Å². The summed E-state index contributed by atoms with van der Waals surface area (Å²) in [6.45, 7) is 0. The molecule has 0 atom stereocenters. The molecular weight excluding hydrogens is 324 g/mol. The number of rotatable bonds is 3. The van der Waals surface area contributed by atoms with E-state index >= 15 is 0 Å². The first-order valence-corrected chi connectivity index (χ1v) is 6.78. The third-order valence-electron chi connectivity index (χ3n) is 2.59. The Morgan fingerprint density at radius 3 is 2.60 bits per heavy atom. The smallest absolute Gasteiger partial charge is 0.228 e. The van der Waals surface area contributed by atoms with Gasteiger partial charge in [0, 0.05) is 5.02 Å². The lowest BCUT2D eigenvalue weighted by Gasteiger charge is -2.08. The van der Waals surface area contributed by atoms with Gasteiger partial charge in [0.1, 0.15) is 5.82 Å². The minimum Gasteiger partial charge on any atom is -0.324 e. The van der Waals surface area contributed by atoms with E-state index < -0.39 is 11.7 Å². The van der Waals surface area contributed by atoms with Gasteiger partial charge in [-0.2, -0.15) is 0 Å². The maximum absolute atomic E-state index is 13.6. The predicted molar refractivity (Wildman–Crippen MR) is 80.2 cm³/mol. The van der Waals surface area contributed by atoms with Gasteiger partial charge in [-0.15, -0.1) is 0 Å². The van der Waals surface area contributed by atoms with Crippen molar-refractivity contribution in [2.75, 3.05) is 5.32 Å². The molecule has 1 amide bonds. The van der Waals surface area contributed by atoms with Gasteiger partial charge in [-0.05, 0) is 29.8 Å². The molecule has 2 nitrogen and oxygen atoms in total. The van der Waals surface area contributed by atoms with E-state index in [0.29, 0.717) is 10.7 Å². The van der Waals surface area contributed by atoms with Crippen LogP contribution < -0.4 is 5.32 Å². The molecule has 20 heavy (non-hydrogen) atoms. The number of carbonyl (C=O) groups excluding carboxylic acids is 1. The fourth-order valence-electron chi connectivity index (χ4n) is 1.63. The second-order valence-corrected chi connectivity index (χ2v) is 5.28. The highest BCUT2D eigenvalue weighted by molar-refractivity contribution is 6.44. The van der Waals surface area contributed by atoms with E-state index in [9.17, 15) is 9.18 Å². The monoisotopic (exact) mass is 331 g/mol. The molecule has 0 aliphatic rings. The number of carbonyl (C=O) groups is 1. The molecule has 0 radical (unpaired) electrons. The Balaban J connectivity index is 2.11. The van der Waals surface area contributed by atoms with Crippen LogP contribution >= 0.6 is 34.8 Å². The van der Waals surface area contributed by atoms with E-state index in [1.807, 2.05) is 0 Å². The van der Waals surface area contributed by atoms with Crippen LogP contribution in [0.2, 0.25) is 15.1 Å². The summed E-state index contributed by atoms with van der Waals surface area (Å²) in [7, 11) is 0. The third-order valence-corrected chi connectivity index (χ3v) is 3.65. The summed E-state index contributed by atoms with van der Waals surface area (Å²) in [5, 5.41) is 3.45. The van der Waals surface area contributed by atoms with Gasteiger partial charge in [-0.1, -0.05) is 46.9 Å². The van der Waals surface area contributed by atoms with Crippen LogP contribution in [-0.2, 0) is 11.2 Å². The van der Waals surface area contributed by atoms with Crippen molar-refractivity contribution < 1.29 is 9.18 Å². The van der Waals surface area contributed by atoms with Crippen LogP contribution in [-0.4, -0.2) is 5.91 Å². The van der Waals surface area contributed by atoms with E-state index in [1.54, 1.807) is 18.2 Å². The minimum absolute atomic E-state index is 0.119. The SMILES string of the molecule is O=C(Cc1ccc(Cl)cc1F)Nc1cccc(Cl)c1Cl. The van der Waals surface area contributed by atoms with Gasteiger partial charge in [0.15, 0.2) is 0 Å². The zero-order valence-corrected chi connectivity index (χ0v) is 12.4. The van der Waals surface area contributed by atoms with Crippen LogP contribution in [0.3, 0.4) is 0 Å². The van der Waals surface area contributed by atoms with Crippen LogP contribution in [0.1, 0.15) is 5.56 Å². The molecule has 0 heterocycles. The molecule has 0 aromatic heterocycles. The van der Waals surface area contributed by atoms with Gasteiger partial charge < -0.3 is 5.32 Å². The van der Waals surface area contributed by atoms with Crippen molar-refractivity contribution in [3.05, 3.63) is 62.8 Å². The van der Waals surface area contributed by atoms with E-state index in [1.165, 1.54) is 12.1 Å². The summed E-state index contributed by atoms with van der Waals surface area (Å²) >= 11 is 17.4. The molecule has 0 spiro atoms. The molecule has 2 aromatic carbocycles. The molecular formula is C14H9Cl3FNO. The number of hydrogen-bond donors (Lipinski definition) is 1. The highest BCUT2D eigenvalue weighted by atomic mass is 35.5. The lowest BCUT2D eigenvalue weighted by Crippen LogP contribution is -2.15. The molecule has 6 heteroatoms. The molecule has 0 unspecified atom stereocenters. The van der Waals surface area contributed by atoms with Crippen LogP contribution in [0.4, 0.5) is 10.1 Å². The average molecular weight is 333 g/mol. The Bertz CT molecular complexity index is 661. The highest BCUT2D eigenvalue weighted by Crippen LogP contribution is 2.29. The predicted octanol–water partition coefficient (Wildman–Crippen LogP) is 4.97.